The number of carbonyl (C=O) groups excluding carboxylic acids is 1. The van der Waals surface area contributed by atoms with Gasteiger partial charge >= 0.3 is 0 Å². The topological polar surface area (TPSA) is 37.3 Å². The summed E-state index contributed by atoms with van der Waals surface area (Å²) in [6.07, 6.45) is 0.623. The fourth-order valence-electron chi connectivity index (χ4n) is 1.65. The molecule has 2 nitrogen and oxygen atoms in total. The van der Waals surface area contributed by atoms with Gasteiger partial charge in [0.15, 0.2) is 5.78 Å². The normalized spacial score (nSPS) is 11.6. The van der Waals surface area contributed by atoms with Gasteiger partial charge in [-0.25, -0.2) is 4.39 Å². The van der Waals surface area contributed by atoms with Crippen LogP contribution in [-0.2, 0) is 11.2 Å². The number of hydrogen-bond donors (Lipinski definition) is 1. The first-order chi connectivity index (χ1) is 7.92. The highest BCUT2D eigenvalue weighted by atomic mass is 79.9. The second-order valence-electron chi connectivity index (χ2n) is 4.07. The van der Waals surface area contributed by atoms with Crippen molar-refractivity contribution in [2.24, 2.45) is 0 Å². The molecule has 1 aromatic rings. The van der Waals surface area contributed by atoms with E-state index in [-0.39, 0.29) is 12.2 Å². The van der Waals surface area contributed by atoms with E-state index < -0.39 is 11.4 Å². The van der Waals surface area contributed by atoms with Crippen LogP contribution in [-0.4, -0.2) is 16.5 Å². The number of ketones is 1. The summed E-state index contributed by atoms with van der Waals surface area (Å²) in [6, 6.07) is 4.56. The predicted molar refractivity (Wildman–Crippen MR) is 68.3 cm³/mol. The van der Waals surface area contributed by atoms with Crippen LogP contribution in [0.3, 0.4) is 0 Å². The van der Waals surface area contributed by atoms with Gasteiger partial charge in [0.05, 0.1) is 0 Å². The zero-order chi connectivity index (χ0) is 13.1. The summed E-state index contributed by atoms with van der Waals surface area (Å²) >= 11 is 3.16. The monoisotopic (exact) mass is 302 g/mol. The van der Waals surface area contributed by atoms with Gasteiger partial charge in [0.25, 0.3) is 0 Å². The lowest BCUT2D eigenvalue weighted by molar-refractivity contribution is -0.137. The molecule has 1 aromatic carbocycles. The van der Waals surface area contributed by atoms with Gasteiger partial charge in [0.1, 0.15) is 11.4 Å². The van der Waals surface area contributed by atoms with E-state index in [1.165, 1.54) is 6.07 Å². The Morgan fingerprint density at radius 2 is 2.00 bits per heavy atom. The van der Waals surface area contributed by atoms with E-state index in [4.69, 9.17) is 0 Å². The summed E-state index contributed by atoms with van der Waals surface area (Å²) in [6.45, 7) is 3.50. The smallest absolute Gasteiger partial charge is 0.168 e. The van der Waals surface area contributed by atoms with Crippen LogP contribution < -0.4 is 0 Å². The number of Topliss-reactive ketones (excluding diaryl/α,β-unsaturated/α-hetero) is 1. The summed E-state index contributed by atoms with van der Waals surface area (Å²) < 4.78 is 14.2. The summed E-state index contributed by atoms with van der Waals surface area (Å²) in [7, 11) is 0. The molecular weight excluding hydrogens is 287 g/mol. The SMILES string of the molecule is CCC(O)(CC)C(=O)Cc1ccc(Br)cc1F. The van der Waals surface area contributed by atoms with E-state index in [0.29, 0.717) is 22.9 Å². The number of rotatable bonds is 5. The minimum Gasteiger partial charge on any atom is -0.382 e. The first kappa shape index (κ1) is 14.3. The number of benzene rings is 1. The molecule has 0 bridgehead atoms. The molecule has 0 unspecified atom stereocenters. The molecular formula is C13H16BrFO2. The van der Waals surface area contributed by atoms with Gasteiger partial charge in [0.2, 0.25) is 0 Å². The van der Waals surface area contributed by atoms with Crippen LogP contribution >= 0.6 is 15.9 Å². The standard InChI is InChI=1S/C13H16BrFO2/c1-3-13(17,4-2)12(16)7-9-5-6-10(14)8-11(9)15/h5-6,8,17H,3-4,7H2,1-2H3. The number of carbonyl (C=O) groups is 1. The molecule has 1 N–H and O–H groups in total. The molecule has 0 radical (unpaired) electrons. The van der Waals surface area contributed by atoms with Crippen molar-refractivity contribution < 1.29 is 14.3 Å². The summed E-state index contributed by atoms with van der Waals surface area (Å²) in [5.41, 5.74) is -1.02. The van der Waals surface area contributed by atoms with Crippen molar-refractivity contribution in [1.29, 1.82) is 0 Å². The van der Waals surface area contributed by atoms with E-state index >= 15 is 0 Å². The van der Waals surface area contributed by atoms with E-state index in [9.17, 15) is 14.3 Å². The fraction of sp³-hybridized carbons (Fsp3) is 0.462. The van der Waals surface area contributed by atoms with Crippen LogP contribution in [0.4, 0.5) is 4.39 Å². The molecule has 1 rings (SSSR count). The Hall–Kier alpha value is -0.740. The molecule has 17 heavy (non-hydrogen) atoms. The molecule has 94 valence electrons. The first-order valence-corrected chi connectivity index (χ1v) is 6.42. The van der Waals surface area contributed by atoms with Crippen LogP contribution in [0, 0.1) is 5.82 Å². The molecule has 4 heteroatoms. The quantitative estimate of drug-likeness (QED) is 0.906. The Balaban J connectivity index is 2.88. The zero-order valence-corrected chi connectivity index (χ0v) is 11.6. The van der Waals surface area contributed by atoms with Crippen molar-refractivity contribution >= 4 is 21.7 Å². The Kier molecular flexibility index (Phi) is 4.83. The van der Waals surface area contributed by atoms with Crippen LogP contribution in [0.25, 0.3) is 0 Å². The van der Waals surface area contributed by atoms with E-state index in [0.717, 1.165) is 0 Å². The van der Waals surface area contributed by atoms with Crippen LogP contribution in [0.2, 0.25) is 0 Å². The highest BCUT2D eigenvalue weighted by Crippen LogP contribution is 2.21. The van der Waals surface area contributed by atoms with Crippen molar-refractivity contribution in [3.8, 4) is 0 Å². The van der Waals surface area contributed by atoms with E-state index in [1.807, 2.05) is 0 Å². The largest absolute Gasteiger partial charge is 0.382 e. The van der Waals surface area contributed by atoms with Crippen LogP contribution in [0.15, 0.2) is 22.7 Å². The second kappa shape index (κ2) is 5.74. The molecule has 0 fully saturated rings. The van der Waals surface area contributed by atoms with Crippen molar-refractivity contribution in [1.82, 2.24) is 0 Å². The Morgan fingerprint density at radius 3 is 2.47 bits per heavy atom. The molecule has 0 amide bonds. The molecule has 0 spiro atoms. The van der Waals surface area contributed by atoms with Gasteiger partial charge in [-0.05, 0) is 30.5 Å². The number of halogens is 2. The third-order valence-electron chi connectivity index (χ3n) is 3.05. The maximum atomic E-state index is 13.5. The molecule has 0 aliphatic carbocycles. The molecule has 0 saturated heterocycles. The van der Waals surface area contributed by atoms with Crippen molar-refractivity contribution in [2.45, 2.75) is 38.7 Å². The molecule has 0 aromatic heterocycles. The fourth-order valence-corrected chi connectivity index (χ4v) is 1.98. The Labute approximate surface area is 109 Å². The maximum Gasteiger partial charge on any atom is 0.168 e. The molecule has 0 aliphatic heterocycles. The van der Waals surface area contributed by atoms with E-state index in [2.05, 4.69) is 15.9 Å². The lowest BCUT2D eigenvalue weighted by atomic mass is 9.88. The van der Waals surface area contributed by atoms with Gasteiger partial charge in [-0.1, -0.05) is 35.8 Å². The lowest BCUT2D eigenvalue weighted by Gasteiger charge is -2.23. The second-order valence-corrected chi connectivity index (χ2v) is 4.99. The van der Waals surface area contributed by atoms with Gasteiger partial charge in [-0.2, -0.15) is 0 Å². The minimum absolute atomic E-state index is 0.0721. The van der Waals surface area contributed by atoms with Crippen molar-refractivity contribution in [2.75, 3.05) is 0 Å². The molecule has 0 atom stereocenters. The van der Waals surface area contributed by atoms with Crippen LogP contribution in [0.1, 0.15) is 32.3 Å². The highest BCUT2D eigenvalue weighted by molar-refractivity contribution is 9.10. The first-order valence-electron chi connectivity index (χ1n) is 5.62. The predicted octanol–water partition coefficient (Wildman–Crippen LogP) is 3.25. The summed E-state index contributed by atoms with van der Waals surface area (Å²) in [5, 5.41) is 10.0. The van der Waals surface area contributed by atoms with Gasteiger partial charge in [-0.3, -0.25) is 4.79 Å². The highest BCUT2D eigenvalue weighted by Gasteiger charge is 2.31. The maximum absolute atomic E-state index is 13.5. The molecule has 0 aliphatic rings. The Bertz CT molecular complexity index is 414. The van der Waals surface area contributed by atoms with Gasteiger partial charge < -0.3 is 5.11 Å². The van der Waals surface area contributed by atoms with E-state index in [1.54, 1.807) is 26.0 Å². The number of hydrogen-bond acceptors (Lipinski definition) is 2. The van der Waals surface area contributed by atoms with Gasteiger partial charge in [-0.15, -0.1) is 0 Å². The van der Waals surface area contributed by atoms with Crippen molar-refractivity contribution in [3.63, 3.8) is 0 Å². The van der Waals surface area contributed by atoms with Crippen LogP contribution in [0.5, 0.6) is 0 Å². The summed E-state index contributed by atoms with van der Waals surface area (Å²) in [4.78, 5) is 11.9. The summed E-state index contributed by atoms with van der Waals surface area (Å²) in [5.74, 6) is -0.758. The molecule has 0 saturated carbocycles. The minimum atomic E-state index is -1.33. The average Bonchev–Trinajstić information content (AvgIpc) is 2.31. The number of aliphatic hydroxyl groups is 1. The Morgan fingerprint density at radius 1 is 1.41 bits per heavy atom. The van der Waals surface area contributed by atoms with Gasteiger partial charge in [0, 0.05) is 10.9 Å². The lowest BCUT2D eigenvalue weighted by Crippen LogP contribution is -2.38. The molecule has 0 heterocycles. The zero-order valence-electron chi connectivity index (χ0n) is 9.96. The third-order valence-corrected chi connectivity index (χ3v) is 3.55. The third kappa shape index (κ3) is 3.36. The average molecular weight is 303 g/mol. The van der Waals surface area contributed by atoms with Crippen molar-refractivity contribution in [3.05, 3.63) is 34.1 Å².